The average Bonchev–Trinajstić information content (AvgIpc) is 1.65. The number of pyridine rings is 2. The van der Waals surface area contributed by atoms with Crippen molar-refractivity contribution in [1.82, 2.24) is 69.0 Å². The fourth-order valence-electron chi connectivity index (χ4n) is 12.1. The smallest absolute Gasteiger partial charge is 0.244 e. The van der Waals surface area contributed by atoms with Gasteiger partial charge in [-0.25, -0.2) is 69.7 Å². The summed E-state index contributed by atoms with van der Waals surface area (Å²) in [5.41, 5.74) is 4.68. The van der Waals surface area contributed by atoms with Gasteiger partial charge in [0.15, 0.2) is 34.9 Å². The van der Waals surface area contributed by atoms with Crippen molar-refractivity contribution in [2.45, 2.75) is 19.6 Å². The second-order valence-corrected chi connectivity index (χ2v) is 25.1. The number of nitriles is 1. The van der Waals surface area contributed by atoms with E-state index in [2.05, 4.69) is 56.1 Å². The lowest BCUT2D eigenvalue weighted by atomic mass is 10.2. The first-order chi connectivity index (χ1) is 51.4. The maximum atomic E-state index is 14.1. The molecule has 3 fully saturated rings. The van der Waals surface area contributed by atoms with Crippen LogP contribution in [-0.2, 0) is 34.0 Å². The standard InChI is InChI=1S/C26H22F3N5O.C26H21F2N7O.C25H21ClF2N6O/c27-20-9-5-18(6-10-20)25-30-26(19-7-11-21(28)12-8-19)34(31-25)17-24(35)33-15-13-32(14-16-33)23-4-2-1-3-22(23)29;27-21-6-2-19(3-7-21)25-31-26(20-4-8-22(28)9-5-20)35(32-25)17-24(36)34-13-11-33(12-14-34)23-10-1-18(15-29)16-30-23;26-19-5-10-22(29-15-19)32-11-13-33(14-12-32)23(35)16-34-25(18-3-8-21(28)9-4-18)30-24(31-34)17-1-6-20(27)7-2-17/h1-12H,13-17H2;1-10,16H,11-14,17H2;1-10,15H,11-14,16H2. The number of anilines is 3. The summed E-state index contributed by atoms with van der Waals surface area (Å²) >= 11 is 5.92. The number of halogens is 8. The number of para-hydroxylation sites is 1. The number of hydrogen-bond donors (Lipinski definition) is 0. The molecule has 0 aliphatic carbocycles. The van der Waals surface area contributed by atoms with E-state index in [1.54, 1.807) is 130 Å². The van der Waals surface area contributed by atoms with Crippen LogP contribution in [0.2, 0.25) is 5.02 Å². The van der Waals surface area contributed by atoms with Crippen LogP contribution in [0.1, 0.15) is 5.56 Å². The van der Waals surface area contributed by atoms with Crippen molar-refractivity contribution in [3.05, 3.63) is 258 Å². The molecule has 21 nitrogen and oxygen atoms in total. The Balaban J connectivity index is 0.000000141. The lowest BCUT2D eigenvalue weighted by Gasteiger charge is -2.36. The van der Waals surface area contributed by atoms with Crippen molar-refractivity contribution < 1.29 is 45.1 Å². The maximum absolute atomic E-state index is 14.1. The molecule has 3 aliphatic rings. The molecule has 3 saturated heterocycles. The highest BCUT2D eigenvalue weighted by molar-refractivity contribution is 6.30. The number of benzene rings is 7. The Bertz CT molecular complexity index is 5060. The molecule has 0 radical (unpaired) electrons. The van der Waals surface area contributed by atoms with Crippen molar-refractivity contribution in [1.29, 1.82) is 5.26 Å². The van der Waals surface area contributed by atoms with E-state index >= 15 is 0 Å². The summed E-state index contributed by atoms with van der Waals surface area (Å²) in [4.78, 5) is 73.2. The molecule has 536 valence electrons. The number of hydrogen-bond acceptors (Lipinski definition) is 15. The van der Waals surface area contributed by atoms with Crippen molar-refractivity contribution in [2.75, 3.05) is 93.2 Å². The summed E-state index contributed by atoms with van der Waals surface area (Å²) in [7, 11) is 0. The monoisotopic (exact) mass is 1460 g/mol. The number of carbonyl (C=O) groups excluding carboxylic acids is 3. The van der Waals surface area contributed by atoms with Crippen LogP contribution in [0.3, 0.4) is 0 Å². The average molecular weight is 1460 g/mol. The van der Waals surface area contributed by atoms with Gasteiger partial charge in [0.05, 0.1) is 16.3 Å². The maximum Gasteiger partial charge on any atom is 0.244 e. The second-order valence-electron chi connectivity index (χ2n) is 24.7. The van der Waals surface area contributed by atoms with Gasteiger partial charge in [0, 0.05) is 124 Å². The first-order valence-corrected chi connectivity index (χ1v) is 34.0. The van der Waals surface area contributed by atoms with Gasteiger partial charge in [0.1, 0.15) is 78.1 Å². The Morgan fingerprint density at radius 1 is 0.358 bits per heavy atom. The summed E-state index contributed by atoms with van der Waals surface area (Å²) in [5.74, 6) is 0.954. The molecule has 5 aromatic heterocycles. The third kappa shape index (κ3) is 17.5. The molecule has 0 saturated carbocycles. The summed E-state index contributed by atoms with van der Waals surface area (Å²) in [6.07, 6.45) is 3.14. The highest BCUT2D eigenvalue weighted by Gasteiger charge is 2.29. The minimum atomic E-state index is -0.387. The Hall–Kier alpha value is -12.6. The van der Waals surface area contributed by atoms with E-state index in [1.165, 1.54) is 99.1 Å². The number of amides is 3. The minimum Gasteiger partial charge on any atom is -0.366 e. The zero-order valence-electron chi connectivity index (χ0n) is 56.5. The number of rotatable bonds is 15. The molecule has 12 aromatic rings. The molecule has 0 spiro atoms. The molecule has 3 aliphatic heterocycles. The van der Waals surface area contributed by atoms with Crippen LogP contribution in [0, 0.1) is 52.1 Å². The van der Waals surface area contributed by atoms with Crippen LogP contribution < -0.4 is 14.7 Å². The fourth-order valence-corrected chi connectivity index (χ4v) is 12.2. The van der Waals surface area contributed by atoms with Crippen molar-refractivity contribution in [3.63, 3.8) is 0 Å². The van der Waals surface area contributed by atoms with Gasteiger partial charge in [0.2, 0.25) is 17.7 Å². The van der Waals surface area contributed by atoms with Crippen LogP contribution in [0.5, 0.6) is 0 Å². The highest BCUT2D eigenvalue weighted by atomic mass is 35.5. The van der Waals surface area contributed by atoms with Crippen molar-refractivity contribution in [2.24, 2.45) is 0 Å². The van der Waals surface area contributed by atoms with Crippen LogP contribution in [0.4, 0.5) is 48.1 Å². The van der Waals surface area contributed by atoms with E-state index in [9.17, 15) is 45.1 Å². The number of nitrogens with zero attached hydrogens (tertiary/aromatic N) is 18. The quantitative estimate of drug-likeness (QED) is 0.0873. The largest absolute Gasteiger partial charge is 0.366 e. The third-order valence-corrected chi connectivity index (χ3v) is 18.0. The van der Waals surface area contributed by atoms with Crippen LogP contribution in [0.15, 0.2) is 207 Å². The van der Waals surface area contributed by atoms with Gasteiger partial charge >= 0.3 is 0 Å². The molecule has 15 rings (SSSR count). The van der Waals surface area contributed by atoms with E-state index in [0.717, 1.165) is 11.6 Å². The molecule has 29 heteroatoms. The van der Waals surface area contributed by atoms with Crippen molar-refractivity contribution >= 4 is 46.6 Å². The van der Waals surface area contributed by atoms with E-state index < -0.39 is 0 Å². The lowest BCUT2D eigenvalue weighted by molar-refractivity contribution is -0.133. The molecule has 0 unspecified atom stereocenters. The van der Waals surface area contributed by atoms with Gasteiger partial charge in [-0.15, -0.1) is 15.3 Å². The van der Waals surface area contributed by atoms with Crippen molar-refractivity contribution in [3.8, 4) is 74.4 Å². The van der Waals surface area contributed by atoms with Gasteiger partial charge in [0.25, 0.3) is 0 Å². The van der Waals surface area contributed by atoms with Gasteiger partial charge < -0.3 is 29.4 Å². The Kier molecular flexibility index (Phi) is 22.2. The first-order valence-electron chi connectivity index (χ1n) is 33.6. The topological polar surface area (TPSA) is 212 Å². The van der Waals surface area contributed by atoms with Gasteiger partial charge in [-0.2, -0.15) is 5.26 Å². The van der Waals surface area contributed by atoms with E-state index in [0.29, 0.717) is 163 Å². The molecule has 8 heterocycles. The predicted octanol–water partition coefficient (Wildman–Crippen LogP) is 12.2. The lowest BCUT2D eigenvalue weighted by Crippen LogP contribution is -2.50. The highest BCUT2D eigenvalue weighted by Crippen LogP contribution is 2.29. The fraction of sp³-hybridized carbons (Fsp3) is 0.195. The molecule has 7 aromatic carbocycles. The van der Waals surface area contributed by atoms with E-state index in [4.69, 9.17) is 16.9 Å². The zero-order chi connectivity index (χ0) is 73.8. The molecule has 0 N–H and O–H groups in total. The molecular weight excluding hydrogens is 1390 g/mol. The summed E-state index contributed by atoms with van der Waals surface area (Å²) < 4.78 is 99.2. The van der Waals surface area contributed by atoms with Crippen LogP contribution in [0.25, 0.3) is 68.3 Å². The zero-order valence-corrected chi connectivity index (χ0v) is 57.3. The molecule has 0 atom stereocenters. The second kappa shape index (κ2) is 32.8. The Morgan fingerprint density at radius 3 is 0.953 bits per heavy atom. The first kappa shape index (κ1) is 71.7. The van der Waals surface area contributed by atoms with Crippen LogP contribution >= 0.6 is 11.6 Å². The molecule has 3 amide bonds. The van der Waals surface area contributed by atoms with E-state index in [1.807, 2.05) is 11.0 Å². The number of carbonyl (C=O) groups is 3. The summed E-state index contributed by atoms with van der Waals surface area (Å²) in [6, 6.07) is 50.6. The van der Waals surface area contributed by atoms with Crippen LogP contribution in [-0.4, -0.2) is 165 Å². The third-order valence-electron chi connectivity index (χ3n) is 17.8. The SMILES string of the molecule is N#Cc1ccc(N2CCN(C(=O)Cn3nc(-c4ccc(F)cc4)nc3-c3ccc(F)cc3)CC2)nc1.O=C(Cn1nc(-c2ccc(F)cc2)nc1-c1ccc(F)cc1)N1CCN(c2ccc(Cl)cn2)CC1.O=C(Cn1nc(-c2ccc(F)cc2)nc1-c1ccc(F)cc1)N1CCN(c2ccccc2F)CC1. The molecular formula is C77H64ClF7N18O3. The minimum absolute atomic E-state index is 0.0277. The molecule has 0 bridgehead atoms. The number of aromatic nitrogens is 11. The normalized spacial score (nSPS) is 13.7. The molecule has 106 heavy (non-hydrogen) atoms. The van der Waals surface area contributed by atoms with E-state index in [-0.39, 0.29) is 78.1 Å². The van der Waals surface area contributed by atoms with Gasteiger partial charge in [-0.05, 0) is 182 Å². The Morgan fingerprint density at radius 2 is 0.660 bits per heavy atom. The van der Waals surface area contributed by atoms with Gasteiger partial charge in [-0.3, -0.25) is 14.4 Å². The number of piperazine rings is 3. The predicted molar refractivity (Wildman–Crippen MR) is 383 cm³/mol. The summed E-state index contributed by atoms with van der Waals surface area (Å²) in [5, 5.41) is 23.1. The Labute approximate surface area is 608 Å². The van der Waals surface area contributed by atoms with Gasteiger partial charge in [-0.1, -0.05) is 23.7 Å². The summed E-state index contributed by atoms with van der Waals surface area (Å²) in [6.45, 7) is 6.34.